The SMILES string of the molecule is CC(CO)NC(=O)c1cc(Cl)c2c(c1)OCCO2. The van der Waals surface area contributed by atoms with Crippen molar-refractivity contribution in [3.8, 4) is 11.5 Å². The van der Waals surface area contributed by atoms with Crippen molar-refractivity contribution in [2.24, 2.45) is 0 Å². The van der Waals surface area contributed by atoms with Crippen LogP contribution in [0.2, 0.25) is 5.02 Å². The fourth-order valence-corrected chi connectivity index (χ4v) is 1.86. The molecule has 0 saturated carbocycles. The number of hydrogen-bond acceptors (Lipinski definition) is 4. The molecule has 98 valence electrons. The molecule has 1 aromatic rings. The molecular weight excluding hydrogens is 258 g/mol. The van der Waals surface area contributed by atoms with E-state index in [9.17, 15) is 4.79 Å². The number of rotatable bonds is 3. The predicted octanol–water partition coefficient (Wildman–Crippen LogP) is 1.22. The number of aliphatic hydroxyl groups is 1. The van der Waals surface area contributed by atoms with Gasteiger partial charge in [-0.15, -0.1) is 0 Å². The maximum Gasteiger partial charge on any atom is 0.251 e. The number of ether oxygens (including phenoxy) is 2. The number of amides is 1. The van der Waals surface area contributed by atoms with E-state index in [-0.39, 0.29) is 18.6 Å². The third-order valence-electron chi connectivity index (χ3n) is 2.51. The highest BCUT2D eigenvalue weighted by Crippen LogP contribution is 2.38. The minimum atomic E-state index is -0.315. The maximum absolute atomic E-state index is 11.9. The summed E-state index contributed by atoms with van der Waals surface area (Å²) in [5, 5.41) is 11.9. The number of aliphatic hydroxyl groups excluding tert-OH is 1. The minimum absolute atomic E-state index is 0.121. The summed E-state index contributed by atoms with van der Waals surface area (Å²) in [4.78, 5) is 11.9. The first-order valence-electron chi connectivity index (χ1n) is 5.62. The van der Waals surface area contributed by atoms with Gasteiger partial charge < -0.3 is 19.9 Å². The van der Waals surface area contributed by atoms with Crippen LogP contribution in [0, 0.1) is 0 Å². The summed E-state index contributed by atoms with van der Waals surface area (Å²) in [5.74, 6) is 0.626. The molecule has 5 nitrogen and oxygen atoms in total. The smallest absolute Gasteiger partial charge is 0.251 e. The van der Waals surface area contributed by atoms with Gasteiger partial charge in [0.15, 0.2) is 11.5 Å². The normalized spacial score (nSPS) is 15.1. The maximum atomic E-state index is 11.9. The van der Waals surface area contributed by atoms with Gasteiger partial charge in [0.2, 0.25) is 0 Å². The van der Waals surface area contributed by atoms with Crippen molar-refractivity contribution in [1.82, 2.24) is 5.32 Å². The summed E-state index contributed by atoms with van der Waals surface area (Å²) in [7, 11) is 0. The van der Waals surface area contributed by atoms with Gasteiger partial charge in [0.05, 0.1) is 11.6 Å². The number of carbonyl (C=O) groups excluding carboxylic acids is 1. The Morgan fingerprint density at radius 1 is 1.50 bits per heavy atom. The molecule has 1 amide bonds. The molecule has 1 aliphatic heterocycles. The van der Waals surface area contributed by atoms with Crippen molar-refractivity contribution in [3.63, 3.8) is 0 Å². The molecule has 18 heavy (non-hydrogen) atoms. The van der Waals surface area contributed by atoms with Gasteiger partial charge in [-0.2, -0.15) is 0 Å². The van der Waals surface area contributed by atoms with E-state index >= 15 is 0 Å². The summed E-state index contributed by atoms with van der Waals surface area (Å²) in [6.45, 7) is 2.46. The van der Waals surface area contributed by atoms with Crippen molar-refractivity contribution in [1.29, 1.82) is 0 Å². The molecule has 1 heterocycles. The predicted molar refractivity (Wildman–Crippen MR) is 66.5 cm³/mol. The van der Waals surface area contributed by atoms with Crippen LogP contribution in [0.5, 0.6) is 11.5 Å². The Morgan fingerprint density at radius 3 is 2.94 bits per heavy atom. The second-order valence-corrected chi connectivity index (χ2v) is 4.45. The largest absolute Gasteiger partial charge is 0.486 e. The number of benzene rings is 1. The highest BCUT2D eigenvalue weighted by Gasteiger charge is 2.19. The summed E-state index contributed by atoms with van der Waals surface area (Å²) < 4.78 is 10.8. The van der Waals surface area contributed by atoms with Crippen LogP contribution in [0.15, 0.2) is 12.1 Å². The second-order valence-electron chi connectivity index (χ2n) is 4.04. The Hall–Kier alpha value is -1.46. The average Bonchev–Trinajstić information content (AvgIpc) is 2.38. The molecule has 0 aromatic heterocycles. The van der Waals surface area contributed by atoms with E-state index in [2.05, 4.69) is 5.32 Å². The van der Waals surface area contributed by atoms with Crippen LogP contribution in [0.25, 0.3) is 0 Å². The zero-order chi connectivity index (χ0) is 13.1. The van der Waals surface area contributed by atoms with Gasteiger partial charge in [0, 0.05) is 11.6 Å². The van der Waals surface area contributed by atoms with E-state index in [1.165, 1.54) is 6.07 Å². The molecule has 2 rings (SSSR count). The quantitative estimate of drug-likeness (QED) is 0.867. The molecule has 0 bridgehead atoms. The molecule has 0 aliphatic carbocycles. The first-order chi connectivity index (χ1) is 8.61. The number of carbonyl (C=O) groups is 1. The van der Waals surface area contributed by atoms with Gasteiger partial charge in [0.25, 0.3) is 5.91 Å². The highest BCUT2D eigenvalue weighted by molar-refractivity contribution is 6.32. The number of fused-ring (bicyclic) bond motifs is 1. The monoisotopic (exact) mass is 271 g/mol. The van der Waals surface area contributed by atoms with Gasteiger partial charge in [-0.25, -0.2) is 0 Å². The van der Waals surface area contributed by atoms with Crippen molar-refractivity contribution in [2.45, 2.75) is 13.0 Å². The molecule has 1 atom stereocenters. The lowest BCUT2D eigenvalue weighted by atomic mass is 10.1. The molecule has 1 aliphatic rings. The topological polar surface area (TPSA) is 67.8 Å². The van der Waals surface area contributed by atoms with E-state index in [1.54, 1.807) is 13.0 Å². The molecule has 6 heteroatoms. The van der Waals surface area contributed by atoms with E-state index < -0.39 is 0 Å². The van der Waals surface area contributed by atoms with Crippen LogP contribution in [-0.2, 0) is 0 Å². The number of nitrogens with one attached hydrogen (secondary N) is 1. The van der Waals surface area contributed by atoms with Crippen LogP contribution < -0.4 is 14.8 Å². The van der Waals surface area contributed by atoms with Crippen molar-refractivity contribution in [2.75, 3.05) is 19.8 Å². The number of hydrogen-bond donors (Lipinski definition) is 2. The van der Waals surface area contributed by atoms with Crippen LogP contribution >= 0.6 is 11.6 Å². The van der Waals surface area contributed by atoms with E-state index in [0.717, 1.165) is 0 Å². The highest BCUT2D eigenvalue weighted by atomic mass is 35.5. The van der Waals surface area contributed by atoms with Gasteiger partial charge >= 0.3 is 0 Å². The van der Waals surface area contributed by atoms with E-state index in [1.807, 2.05) is 0 Å². The van der Waals surface area contributed by atoms with Gasteiger partial charge in [-0.05, 0) is 19.1 Å². The summed E-state index contributed by atoms with van der Waals surface area (Å²) in [6.07, 6.45) is 0. The van der Waals surface area contributed by atoms with Gasteiger partial charge in [-0.1, -0.05) is 11.6 Å². The minimum Gasteiger partial charge on any atom is -0.486 e. The Balaban J connectivity index is 2.24. The number of halogens is 1. The first kappa shape index (κ1) is 13.0. The van der Waals surface area contributed by atoms with Crippen LogP contribution in [0.4, 0.5) is 0 Å². The standard InChI is InChI=1S/C12H14ClNO4/c1-7(6-15)14-12(16)8-4-9(13)11-10(5-8)17-2-3-18-11/h4-5,7,15H,2-3,6H2,1H3,(H,14,16). The first-order valence-corrected chi connectivity index (χ1v) is 6.00. The van der Waals surface area contributed by atoms with Gasteiger partial charge in [-0.3, -0.25) is 4.79 Å². The van der Waals surface area contributed by atoms with E-state index in [0.29, 0.717) is 35.3 Å². The summed E-state index contributed by atoms with van der Waals surface area (Å²) >= 11 is 6.03. The average molecular weight is 272 g/mol. The van der Waals surface area contributed by atoms with E-state index in [4.69, 9.17) is 26.2 Å². The molecule has 1 unspecified atom stereocenters. The Kier molecular flexibility index (Phi) is 3.93. The lowest BCUT2D eigenvalue weighted by Gasteiger charge is -2.20. The zero-order valence-corrected chi connectivity index (χ0v) is 10.7. The molecule has 0 spiro atoms. The third-order valence-corrected chi connectivity index (χ3v) is 2.79. The van der Waals surface area contributed by atoms with Gasteiger partial charge in [0.1, 0.15) is 13.2 Å². The van der Waals surface area contributed by atoms with Crippen LogP contribution in [0.1, 0.15) is 17.3 Å². The lowest BCUT2D eigenvalue weighted by Crippen LogP contribution is -2.35. The molecular formula is C12H14ClNO4. The summed E-state index contributed by atoms with van der Waals surface area (Å²) in [6, 6.07) is 2.79. The Bertz CT molecular complexity index is 464. The molecule has 2 N–H and O–H groups in total. The second kappa shape index (κ2) is 5.46. The van der Waals surface area contributed by atoms with Crippen LogP contribution in [0.3, 0.4) is 0 Å². The fourth-order valence-electron chi connectivity index (χ4n) is 1.59. The molecule has 0 fully saturated rings. The lowest BCUT2D eigenvalue weighted by molar-refractivity contribution is 0.0921. The van der Waals surface area contributed by atoms with Crippen molar-refractivity contribution >= 4 is 17.5 Å². The summed E-state index contributed by atoms with van der Waals surface area (Å²) in [5.41, 5.74) is 0.379. The molecule has 1 aromatic carbocycles. The molecule has 0 saturated heterocycles. The molecule has 0 radical (unpaired) electrons. The van der Waals surface area contributed by atoms with Crippen LogP contribution in [-0.4, -0.2) is 36.9 Å². The fraction of sp³-hybridized carbons (Fsp3) is 0.417. The van der Waals surface area contributed by atoms with Crippen molar-refractivity contribution < 1.29 is 19.4 Å². The zero-order valence-electron chi connectivity index (χ0n) is 9.90. The Morgan fingerprint density at radius 2 is 2.22 bits per heavy atom. The third kappa shape index (κ3) is 2.68. The Labute approximate surface area is 110 Å². The van der Waals surface area contributed by atoms with Crippen molar-refractivity contribution in [3.05, 3.63) is 22.7 Å².